The highest BCUT2D eigenvalue weighted by molar-refractivity contribution is 6.13. The second-order valence-electron chi connectivity index (χ2n) is 12.7. The molecule has 1 N–H and O–H groups in total. The van der Waals surface area contributed by atoms with Crippen molar-refractivity contribution in [3.05, 3.63) is 108 Å². The highest BCUT2D eigenvalue weighted by atomic mass is 19.1. The fourth-order valence-electron chi connectivity index (χ4n) is 5.75. The van der Waals surface area contributed by atoms with Gasteiger partial charge in [0, 0.05) is 53.9 Å². The van der Waals surface area contributed by atoms with Gasteiger partial charge in [-0.15, -0.1) is 0 Å². The molecule has 0 saturated carbocycles. The summed E-state index contributed by atoms with van der Waals surface area (Å²) in [6.45, 7) is 13.1. The zero-order valence-corrected chi connectivity index (χ0v) is 26.8. The maximum atomic E-state index is 13.8. The van der Waals surface area contributed by atoms with Gasteiger partial charge in [-0.25, -0.2) is 24.9 Å². The maximum Gasteiger partial charge on any atom is 0.241 e. The van der Waals surface area contributed by atoms with Crippen molar-refractivity contribution in [1.82, 2.24) is 24.9 Å². The van der Waals surface area contributed by atoms with E-state index in [0.717, 1.165) is 56.1 Å². The van der Waals surface area contributed by atoms with Gasteiger partial charge in [-0.1, -0.05) is 24.3 Å². The van der Waals surface area contributed by atoms with Gasteiger partial charge in [0.15, 0.2) is 0 Å². The quantitative estimate of drug-likeness (QED) is 0.219. The van der Waals surface area contributed by atoms with Crippen LogP contribution >= 0.6 is 0 Å². The minimum absolute atomic E-state index is 0.0415. The Balaban J connectivity index is 0.000000172. The number of fused-ring (bicyclic) bond motifs is 2. The number of hydrogen-bond donors (Lipinski definition) is 1. The van der Waals surface area contributed by atoms with Crippen LogP contribution in [0.15, 0.2) is 73.4 Å². The SMILES string of the molecule is Cc1ncc(-c2ccc3c(c2)N(c2cc(F)ncc2C)C(=O)C3(C)C)cn1.Cc1ncc(-c2ccc3c(c2)NC(=O)C3(C)C)cn1. The van der Waals surface area contributed by atoms with Crippen LogP contribution < -0.4 is 10.2 Å². The molecule has 2 amide bonds. The Morgan fingerprint density at radius 2 is 1.17 bits per heavy atom. The number of benzene rings is 2. The number of pyridine rings is 1. The van der Waals surface area contributed by atoms with Crippen molar-refractivity contribution < 1.29 is 14.0 Å². The van der Waals surface area contributed by atoms with Crippen LogP contribution in [0.3, 0.4) is 0 Å². The molecule has 0 saturated heterocycles. The summed E-state index contributed by atoms with van der Waals surface area (Å²) in [6, 6.07) is 13.2. The van der Waals surface area contributed by atoms with Crippen LogP contribution in [0.5, 0.6) is 0 Å². The number of carbonyl (C=O) groups is 2. The van der Waals surface area contributed by atoms with Crippen molar-refractivity contribution in [2.24, 2.45) is 0 Å². The fraction of sp³-hybridized carbons (Fsp3) is 0.250. The van der Waals surface area contributed by atoms with Crippen molar-refractivity contribution >= 4 is 28.9 Å². The predicted molar refractivity (Wildman–Crippen MR) is 175 cm³/mol. The number of aryl methyl sites for hydroxylation is 3. The van der Waals surface area contributed by atoms with E-state index in [1.165, 1.54) is 12.3 Å². The Morgan fingerprint density at radius 1 is 0.630 bits per heavy atom. The second kappa shape index (κ2) is 11.2. The van der Waals surface area contributed by atoms with Gasteiger partial charge in [0.1, 0.15) is 11.6 Å². The summed E-state index contributed by atoms with van der Waals surface area (Å²) in [5.41, 5.74) is 7.37. The number of carbonyl (C=O) groups excluding carboxylic acids is 2. The monoisotopic (exact) mass is 615 g/mol. The second-order valence-corrected chi connectivity index (χ2v) is 12.7. The lowest BCUT2D eigenvalue weighted by molar-refractivity contribution is -0.121. The van der Waals surface area contributed by atoms with E-state index in [4.69, 9.17) is 0 Å². The first-order valence-corrected chi connectivity index (χ1v) is 14.9. The van der Waals surface area contributed by atoms with Crippen LogP contribution in [-0.2, 0) is 20.4 Å². The van der Waals surface area contributed by atoms with Gasteiger partial charge in [0.05, 0.1) is 22.2 Å². The summed E-state index contributed by atoms with van der Waals surface area (Å²) < 4.78 is 13.8. The minimum Gasteiger partial charge on any atom is -0.325 e. The number of halogens is 1. The number of nitrogens with one attached hydrogen (secondary N) is 1. The highest BCUT2D eigenvalue weighted by Gasteiger charge is 2.45. The molecule has 3 aromatic heterocycles. The van der Waals surface area contributed by atoms with Crippen molar-refractivity contribution in [3.63, 3.8) is 0 Å². The van der Waals surface area contributed by atoms with E-state index < -0.39 is 16.8 Å². The lowest BCUT2D eigenvalue weighted by atomic mass is 9.85. The van der Waals surface area contributed by atoms with E-state index in [0.29, 0.717) is 11.5 Å². The zero-order chi connectivity index (χ0) is 33.0. The van der Waals surface area contributed by atoms with E-state index in [1.54, 1.807) is 29.7 Å². The van der Waals surface area contributed by atoms with Crippen LogP contribution in [0.25, 0.3) is 22.3 Å². The molecular formula is C36H34FN7O2. The Morgan fingerprint density at radius 3 is 1.76 bits per heavy atom. The van der Waals surface area contributed by atoms with Crippen LogP contribution in [-0.4, -0.2) is 36.7 Å². The predicted octanol–water partition coefficient (Wildman–Crippen LogP) is 6.93. The third-order valence-corrected chi connectivity index (χ3v) is 8.67. The third-order valence-electron chi connectivity index (χ3n) is 8.67. The summed E-state index contributed by atoms with van der Waals surface area (Å²) in [6.07, 6.45) is 8.56. The Kier molecular flexibility index (Phi) is 7.46. The zero-order valence-electron chi connectivity index (χ0n) is 26.8. The molecule has 0 radical (unpaired) electrons. The molecule has 0 spiro atoms. The highest BCUT2D eigenvalue weighted by Crippen LogP contribution is 2.47. The van der Waals surface area contributed by atoms with Gasteiger partial charge in [-0.3, -0.25) is 14.5 Å². The molecule has 10 heteroatoms. The normalized spacial score (nSPS) is 15.5. The Labute approximate surface area is 267 Å². The Hall–Kier alpha value is -5.38. The maximum absolute atomic E-state index is 13.8. The summed E-state index contributed by atoms with van der Waals surface area (Å²) in [5.74, 6) is 0.779. The molecule has 232 valence electrons. The van der Waals surface area contributed by atoms with Crippen molar-refractivity contribution in [2.45, 2.75) is 59.3 Å². The molecule has 5 aromatic rings. The molecule has 5 heterocycles. The lowest BCUT2D eigenvalue weighted by Gasteiger charge is -2.22. The molecule has 0 aliphatic carbocycles. The molecule has 46 heavy (non-hydrogen) atoms. The number of hydrogen-bond acceptors (Lipinski definition) is 7. The summed E-state index contributed by atoms with van der Waals surface area (Å²) in [7, 11) is 0. The van der Waals surface area contributed by atoms with Gasteiger partial charge in [0.25, 0.3) is 0 Å². The number of rotatable bonds is 3. The molecule has 2 aliphatic heterocycles. The van der Waals surface area contributed by atoms with E-state index in [-0.39, 0.29) is 11.8 Å². The van der Waals surface area contributed by atoms with Crippen molar-refractivity contribution in [3.8, 4) is 22.3 Å². The van der Waals surface area contributed by atoms with Gasteiger partial charge >= 0.3 is 0 Å². The first-order chi connectivity index (χ1) is 21.8. The average Bonchev–Trinajstić information content (AvgIpc) is 3.38. The van der Waals surface area contributed by atoms with E-state index >= 15 is 0 Å². The molecule has 0 fully saturated rings. The molecule has 7 rings (SSSR count). The summed E-state index contributed by atoms with van der Waals surface area (Å²) in [4.78, 5) is 47.3. The largest absolute Gasteiger partial charge is 0.325 e. The molecule has 0 bridgehead atoms. The first kappa shape index (κ1) is 30.6. The molecule has 2 aromatic carbocycles. The Bertz CT molecular complexity index is 2010. The summed E-state index contributed by atoms with van der Waals surface area (Å²) in [5, 5.41) is 2.93. The minimum atomic E-state index is -0.705. The van der Waals surface area contributed by atoms with Gasteiger partial charge in [-0.05, 0) is 88.4 Å². The summed E-state index contributed by atoms with van der Waals surface area (Å²) >= 11 is 0. The third kappa shape index (κ3) is 5.29. The van der Waals surface area contributed by atoms with Crippen LogP contribution in [0.2, 0.25) is 0 Å². The topological polar surface area (TPSA) is 114 Å². The van der Waals surface area contributed by atoms with Gasteiger partial charge in [-0.2, -0.15) is 4.39 Å². The number of nitrogens with zero attached hydrogens (tertiary/aromatic N) is 6. The molecule has 9 nitrogen and oxygen atoms in total. The lowest BCUT2D eigenvalue weighted by Crippen LogP contribution is -2.33. The molecule has 0 unspecified atom stereocenters. The molecule has 2 aliphatic rings. The van der Waals surface area contributed by atoms with Crippen molar-refractivity contribution in [2.75, 3.05) is 10.2 Å². The van der Waals surface area contributed by atoms with E-state index in [9.17, 15) is 14.0 Å². The van der Waals surface area contributed by atoms with Crippen LogP contribution in [0.1, 0.15) is 56.0 Å². The number of anilines is 3. The molecule has 0 atom stereocenters. The van der Waals surface area contributed by atoms with Gasteiger partial charge in [0.2, 0.25) is 17.8 Å². The fourth-order valence-corrected chi connectivity index (χ4v) is 5.75. The number of amides is 2. The van der Waals surface area contributed by atoms with E-state index in [2.05, 4.69) is 30.2 Å². The number of aromatic nitrogens is 5. The first-order valence-electron chi connectivity index (χ1n) is 14.9. The van der Waals surface area contributed by atoms with Gasteiger partial charge < -0.3 is 5.32 Å². The van der Waals surface area contributed by atoms with Crippen molar-refractivity contribution in [1.29, 1.82) is 0 Å². The molecular weight excluding hydrogens is 581 g/mol. The van der Waals surface area contributed by atoms with Crippen LogP contribution in [0, 0.1) is 26.7 Å². The smallest absolute Gasteiger partial charge is 0.241 e. The standard InChI is InChI=1S/C21H19FN4O.C15H15N3O/c1-12-9-25-19(22)8-17(12)26-18-7-14(15-10-23-13(2)24-11-15)5-6-16(18)21(3,4)20(26)27;1-9-16-7-11(8-17-9)10-4-5-12-13(6-10)18-14(19)15(12,2)3/h5-11H,1-4H3;4-8H,1-3H3,(H,18,19). The average molecular weight is 616 g/mol. The van der Waals surface area contributed by atoms with E-state index in [1.807, 2.05) is 84.9 Å². The van der Waals surface area contributed by atoms with Crippen LogP contribution in [0.4, 0.5) is 21.5 Å².